The van der Waals surface area contributed by atoms with Crippen LogP contribution in [0, 0.1) is 5.92 Å². The number of likely N-dealkylation sites (N-methyl/N-ethyl adjacent to an activating group) is 1. The lowest BCUT2D eigenvalue weighted by Gasteiger charge is -2.26. The fraction of sp³-hybridized carbons (Fsp3) is 0.364. The van der Waals surface area contributed by atoms with Crippen molar-refractivity contribution in [3.8, 4) is 0 Å². The molecule has 27 heavy (non-hydrogen) atoms. The number of amides is 2. The van der Waals surface area contributed by atoms with Crippen LogP contribution in [0.4, 0.5) is 0 Å². The molecular formula is C22H27BrN2O2. The van der Waals surface area contributed by atoms with E-state index in [9.17, 15) is 9.59 Å². The van der Waals surface area contributed by atoms with Gasteiger partial charge in [0.1, 0.15) is 6.04 Å². The Bertz CT molecular complexity index is 745. The van der Waals surface area contributed by atoms with E-state index in [1.807, 2.05) is 30.3 Å². The zero-order valence-electron chi connectivity index (χ0n) is 16.1. The molecule has 2 aromatic rings. The van der Waals surface area contributed by atoms with Crippen molar-refractivity contribution < 1.29 is 9.59 Å². The molecule has 2 rings (SSSR count). The van der Waals surface area contributed by atoms with Gasteiger partial charge in [0.25, 0.3) is 5.91 Å². The van der Waals surface area contributed by atoms with Crippen LogP contribution >= 0.6 is 15.9 Å². The standard InChI is InChI=1S/C22H27BrN2O2/c1-16(2)15-20(24-21(26)18-9-11-19(23)12-10-18)22(27)25(3)14-13-17-7-5-4-6-8-17/h4-12,16,20H,13-15H2,1-3H3,(H,24,26). The number of hydrogen-bond acceptors (Lipinski definition) is 2. The summed E-state index contributed by atoms with van der Waals surface area (Å²) in [7, 11) is 1.80. The summed E-state index contributed by atoms with van der Waals surface area (Å²) in [6.45, 7) is 4.72. The number of nitrogens with one attached hydrogen (secondary N) is 1. The van der Waals surface area contributed by atoms with E-state index in [1.165, 1.54) is 5.56 Å². The molecule has 0 fully saturated rings. The van der Waals surface area contributed by atoms with Crippen molar-refractivity contribution in [2.45, 2.75) is 32.7 Å². The van der Waals surface area contributed by atoms with Crippen LogP contribution in [-0.4, -0.2) is 36.3 Å². The molecule has 1 atom stereocenters. The predicted molar refractivity (Wildman–Crippen MR) is 113 cm³/mol. The molecule has 144 valence electrons. The molecule has 2 aromatic carbocycles. The topological polar surface area (TPSA) is 49.4 Å². The lowest BCUT2D eigenvalue weighted by Crippen LogP contribution is -2.48. The van der Waals surface area contributed by atoms with Crippen LogP contribution in [0.2, 0.25) is 0 Å². The number of hydrogen-bond donors (Lipinski definition) is 1. The van der Waals surface area contributed by atoms with E-state index in [0.29, 0.717) is 24.4 Å². The molecule has 0 saturated carbocycles. The molecule has 0 saturated heterocycles. The van der Waals surface area contributed by atoms with Crippen LogP contribution in [0.15, 0.2) is 59.1 Å². The Morgan fingerprint density at radius 3 is 2.26 bits per heavy atom. The van der Waals surface area contributed by atoms with Gasteiger partial charge in [-0.05, 0) is 48.6 Å². The highest BCUT2D eigenvalue weighted by Gasteiger charge is 2.25. The second-order valence-corrected chi connectivity index (χ2v) is 8.07. The predicted octanol–water partition coefficient (Wildman–Crippen LogP) is 4.29. The molecule has 0 aliphatic carbocycles. The van der Waals surface area contributed by atoms with Gasteiger partial charge in [0, 0.05) is 23.6 Å². The Hall–Kier alpha value is -2.14. The Balaban J connectivity index is 2.01. The monoisotopic (exact) mass is 430 g/mol. The largest absolute Gasteiger partial charge is 0.344 e. The molecule has 0 heterocycles. The number of rotatable bonds is 8. The highest BCUT2D eigenvalue weighted by Crippen LogP contribution is 2.13. The van der Waals surface area contributed by atoms with Crippen molar-refractivity contribution in [1.82, 2.24) is 10.2 Å². The number of carbonyl (C=O) groups excluding carboxylic acids is 2. The molecule has 5 heteroatoms. The summed E-state index contributed by atoms with van der Waals surface area (Å²) in [5.74, 6) is 0.0229. The first-order chi connectivity index (χ1) is 12.9. The summed E-state index contributed by atoms with van der Waals surface area (Å²) in [6.07, 6.45) is 1.40. The number of benzene rings is 2. The molecule has 1 unspecified atom stereocenters. The van der Waals surface area contributed by atoms with Gasteiger partial charge >= 0.3 is 0 Å². The molecule has 1 N–H and O–H groups in total. The minimum absolute atomic E-state index is 0.0508. The van der Waals surface area contributed by atoms with Crippen LogP contribution in [0.1, 0.15) is 36.2 Å². The maximum Gasteiger partial charge on any atom is 0.251 e. The average molecular weight is 431 g/mol. The number of carbonyl (C=O) groups is 2. The van der Waals surface area contributed by atoms with E-state index in [2.05, 4.69) is 47.2 Å². The lowest BCUT2D eigenvalue weighted by molar-refractivity contribution is -0.132. The molecule has 2 amide bonds. The first kappa shape index (κ1) is 21.2. The first-order valence-corrected chi connectivity index (χ1v) is 10.0. The van der Waals surface area contributed by atoms with Gasteiger partial charge in [-0.25, -0.2) is 0 Å². The minimum Gasteiger partial charge on any atom is -0.344 e. The number of halogens is 1. The molecule has 4 nitrogen and oxygen atoms in total. The zero-order chi connectivity index (χ0) is 19.8. The van der Waals surface area contributed by atoms with Gasteiger partial charge in [0.15, 0.2) is 0 Å². The van der Waals surface area contributed by atoms with Gasteiger partial charge in [-0.2, -0.15) is 0 Å². The van der Waals surface area contributed by atoms with E-state index >= 15 is 0 Å². The van der Waals surface area contributed by atoms with Crippen molar-refractivity contribution in [2.24, 2.45) is 5.92 Å². The van der Waals surface area contributed by atoms with Crippen molar-refractivity contribution >= 4 is 27.7 Å². The average Bonchev–Trinajstić information content (AvgIpc) is 2.66. The summed E-state index contributed by atoms with van der Waals surface area (Å²) in [4.78, 5) is 27.2. The van der Waals surface area contributed by atoms with Gasteiger partial charge in [-0.15, -0.1) is 0 Å². The Kier molecular flexibility index (Phi) is 8.04. The van der Waals surface area contributed by atoms with Crippen LogP contribution in [0.5, 0.6) is 0 Å². The number of nitrogens with zero attached hydrogens (tertiary/aromatic N) is 1. The molecule has 0 spiro atoms. The van der Waals surface area contributed by atoms with Gasteiger partial charge in [-0.3, -0.25) is 9.59 Å². The first-order valence-electron chi connectivity index (χ1n) is 9.22. The fourth-order valence-electron chi connectivity index (χ4n) is 2.85. The van der Waals surface area contributed by atoms with E-state index in [1.54, 1.807) is 24.1 Å². The van der Waals surface area contributed by atoms with Gasteiger partial charge < -0.3 is 10.2 Å². The van der Waals surface area contributed by atoms with Crippen LogP contribution < -0.4 is 5.32 Å². The molecule has 0 aliphatic heterocycles. The quantitative estimate of drug-likeness (QED) is 0.678. The summed E-state index contributed by atoms with van der Waals surface area (Å²) in [6, 6.07) is 16.7. The third-order valence-corrected chi connectivity index (χ3v) is 4.90. The zero-order valence-corrected chi connectivity index (χ0v) is 17.7. The van der Waals surface area contributed by atoms with Crippen molar-refractivity contribution in [1.29, 1.82) is 0 Å². The van der Waals surface area contributed by atoms with E-state index in [4.69, 9.17) is 0 Å². The smallest absolute Gasteiger partial charge is 0.251 e. The second kappa shape index (κ2) is 10.3. The maximum absolute atomic E-state index is 12.9. The van der Waals surface area contributed by atoms with E-state index in [-0.39, 0.29) is 11.8 Å². The SMILES string of the molecule is CC(C)CC(NC(=O)c1ccc(Br)cc1)C(=O)N(C)CCc1ccccc1. The summed E-state index contributed by atoms with van der Waals surface area (Å²) in [5.41, 5.74) is 1.74. The van der Waals surface area contributed by atoms with Gasteiger partial charge in [-0.1, -0.05) is 60.1 Å². The third-order valence-electron chi connectivity index (χ3n) is 4.37. The normalized spacial score (nSPS) is 11.9. The van der Waals surface area contributed by atoms with Crippen LogP contribution in [-0.2, 0) is 11.2 Å². The lowest BCUT2D eigenvalue weighted by atomic mass is 10.0. The van der Waals surface area contributed by atoms with Crippen molar-refractivity contribution in [3.63, 3.8) is 0 Å². The minimum atomic E-state index is -0.526. The Labute approximate surface area is 170 Å². The van der Waals surface area contributed by atoms with Crippen LogP contribution in [0.25, 0.3) is 0 Å². The summed E-state index contributed by atoms with van der Waals surface area (Å²) >= 11 is 3.36. The molecule has 0 radical (unpaired) electrons. The maximum atomic E-state index is 12.9. The Morgan fingerprint density at radius 2 is 1.67 bits per heavy atom. The molecule has 0 aromatic heterocycles. The van der Waals surface area contributed by atoms with Gasteiger partial charge in [0.05, 0.1) is 0 Å². The van der Waals surface area contributed by atoms with Crippen LogP contribution in [0.3, 0.4) is 0 Å². The molecule has 0 aliphatic rings. The fourth-order valence-corrected chi connectivity index (χ4v) is 3.12. The molecular weight excluding hydrogens is 404 g/mol. The highest BCUT2D eigenvalue weighted by molar-refractivity contribution is 9.10. The summed E-state index contributed by atoms with van der Waals surface area (Å²) in [5, 5.41) is 2.92. The second-order valence-electron chi connectivity index (χ2n) is 7.16. The third kappa shape index (κ3) is 6.83. The highest BCUT2D eigenvalue weighted by atomic mass is 79.9. The Morgan fingerprint density at radius 1 is 1.04 bits per heavy atom. The molecule has 0 bridgehead atoms. The van der Waals surface area contributed by atoms with Crippen molar-refractivity contribution in [3.05, 3.63) is 70.2 Å². The van der Waals surface area contributed by atoms with E-state index in [0.717, 1.165) is 10.9 Å². The summed E-state index contributed by atoms with van der Waals surface area (Å²) < 4.78 is 0.912. The van der Waals surface area contributed by atoms with E-state index < -0.39 is 6.04 Å². The van der Waals surface area contributed by atoms with Gasteiger partial charge in [0.2, 0.25) is 5.91 Å². The van der Waals surface area contributed by atoms with Crippen molar-refractivity contribution in [2.75, 3.05) is 13.6 Å².